The Hall–Kier alpha value is -1.64. The molecule has 0 radical (unpaired) electrons. The van der Waals surface area contributed by atoms with Crippen LogP contribution in [0, 0.1) is 0 Å². The molecule has 0 saturated carbocycles. The summed E-state index contributed by atoms with van der Waals surface area (Å²) in [6.45, 7) is -1.19. The van der Waals surface area contributed by atoms with Crippen LogP contribution in [0.4, 0.5) is 0 Å². The SMILES string of the molecule is CS(=O)(=O)OC[C@H](OS(C)(=O)=O)[C@@H](OS(C)(=O)=O)[C@@H](OS(C)(=O)=O)C(C=NNC(N)=S)=NNC(N)=S. The van der Waals surface area contributed by atoms with Gasteiger partial charge in [-0.1, -0.05) is 0 Å². The van der Waals surface area contributed by atoms with Crippen LogP contribution in [0.15, 0.2) is 10.2 Å². The molecule has 0 bridgehead atoms. The van der Waals surface area contributed by atoms with Gasteiger partial charge in [0, 0.05) is 0 Å². The fourth-order valence-corrected chi connectivity index (χ4v) is 4.32. The van der Waals surface area contributed by atoms with Gasteiger partial charge in [-0.15, -0.1) is 0 Å². The highest BCUT2D eigenvalue weighted by molar-refractivity contribution is 7.86. The molecule has 0 fully saturated rings. The van der Waals surface area contributed by atoms with Crippen LogP contribution in [0.2, 0.25) is 0 Å². The molecule has 0 unspecified atom stereocenters. The maximum Gasteiger partial charge on any atom is 0.265 e. The van der Waals surface area contributed by atoms with Crippen LogP contribution in [0.1, 0.15) is 0 Å². The van der Waals surface area contributed by atoms with Crippen molar-refractivity contribution >= 4 is 87.1 Å². The molecule has 0 aromatic carbocycles. The smallest absolute Gasteiger partial charge is 0.265 e. The highest BCUT2D eigenvalue weighted by Gasteiger charge is 2.42. The van der Waals surface area contributed by atoms with Crippen molar-refractivity contribution in [1.29, 1.82) is 0 Å². The molecule has 0 amide bonds. The molecule has 0 aliphatic heterocycles. The van der Waals surface area contributed by atoms with E-state index in [1.165, 1.54) is 0 Å². The summed E-state index contributed by atoms with van der Waals surface area (Å²) in [6, 6.07) is 0. The molecule has 3 atom stereocenters. The van der Waals surface area contributed by atoms with Gasteiger partial charge in [0.25, 0.3) is 40.5 Å². The normalized spacial score (nSPS) is 16.3. The minimum absolute atomic E-state index is 0.364. The van der Waals surface area contributed by atoms with E-state index in [0.29, 0.717) is 31.2 Å². The van der Waals surface area contributed by atoms with Gasteiger partial charge in [0.05, 0.1) is 37.8 Å². The Morgan fingerprint density at radius 2 is 1.28 bits per heavy atom. The average molecular weight is 637 g/mol. The van der Waals surface area contributed by atoms with Gasteiger partial charge in [-0.25, -0.2) is 0 Å². The largest absolute Gasteiger partial charge is 0.375 e. The third-order valence-electron chi connectivity index (χ3n) is 2.93. The highest BCUT2D eigenvalue weighted by Crippen LogP contribution is 2.20. The molecular weight excluding hydrogens is 613 g/mol. The van der Waals surface area contributed by atoms with Gasteiger partial charge >= 0.3 is 0 Å². The van der Waals surface area contributed by atoms with Crippen molar-refractivity contribution in [1.82, 2.24) is 10.9 Å². The van der Waals surface area contributed by atoms with Crippen molar-refractivity contribution < 1.29 is 50.4 Å². The van der Waals surface area contributed by atoms with Crippen molar-refractivity contribution in [2.45, 2.75) is 18.3 Å². The van der Waals surface area contributed by atoms with Crippen molar-refractivity contribution in [3.63, 3.8) is 0 Å². The summed E-state index contributed by atoms with van der Waals surface area (Å²) in [5, 5.41) is 6.35. The molecule has 0 spiro atoms. The Kier molecular flexibility index (Phi) is 13.1. The number of nitrogens with one attached hydrogen (secondary N) is 2. The fourth-order valence-electron chi connectivity index (χ4n) is 2.01. The first-order chi connectivity index (χ1) is 16.0. The van der Waals surface area contributed by atoms with Crippen LogP contribution in [0.25, 0.3) is 0 Å². The van der Waals surface area contributed by atoms with E-state index in [2.05, 4.69) is 49.7 Å². The average Bonchev–Trinajstić information content (AvgIpc) is 2.61. The number of hydrogen-bond donors (Lipinski definition) is 4. The fraction of sp³-hybridized carbons (Fsp3) is 0.667. The lowest BCUT2D eigenvalue weighted by Crippen LogP contribution is -2.51. The first kappa shape index (κ1) is 34.4. The molecule has 0 heterocycles. The summed E-state index contributed by atoms with van der Waals surface area (Å²) in [5.74, 6) is 0. The second kappa shape index (κ2) is 13.8. The van der Waals surface area contributed by atoms with E-state index in [1.54, 1.807) is 0 Å². The molecule has 36 heavy (non-hydrogen) atoms. The Bertz CT molecular complexity index is 1290. The van der Waals surface area contributed by atoms with E-state index < -0.39 is 76.2 Å². The molecule has 0 rings (SSSR count). The van der Waals surface area contributed by atoms with Gasteiger partial charge in [0.15, 0.2) is 16.3 Å². The second-order valence-electron chi connectivity index (χ2n) is 6.56. The zero-order chi connectivity index (χ0) is 28.5. The van der Waals surface area contributed by atoms with Crippen LogP contribution >= 0.6 is 24.4 Å². The first-order valence-electron chi connectivity index (χ1n) is 8.70. The lowest BCUT2D eigenvalue weighted by Gasteiger charge is -2.30. The van der Waals surface area contributed by atoms with Crippen molar-refractivity contribution in [2.24, 2.45) is 21.7 Å². The Morgan fingerprint density at radius 3 is 1.67 bits per heavy atom. The van der Waals surface area contributed by atoms with Gasteiger partial charge in [0.2, 0.25) is 0 Å². The summed E-state index contributed by atoms with van der Waals surface area (Å²) in [7, 11) is -17.8. The minimum atomic E-state index is -4.56. The van der Waals surface area contributed by atoms with E-state index in [1.807, 2.05) is 0 Å². The van der Waals surface area contributed by atoms with Crippen LogP contribution in [0.5, 0.6) is 0 Å². The molecule has 0 aliphatic rings. The Labute approximate surface area is 219 Å². The lowest BCUT2D eigenvalue weighted by molar-refractivity contribution is -0.00683. The number of thiocarbonyl (C=S) groups is 2. The zero-order valence-corrected chi connectivity index (χ0v) is 23.8. The molecule has 0 saturated heterocycles. The predicted octanol–water partition coefficient (Wildman–Crippen LogP) is -3.99. The van der Waals surface area contributed by atoms with E-state index in [0.717, 1.165) is 0 Å². The molecule has 210 valence electrons. The summed E-state index contributed by atoms with van der Waals surface area (Å²) in [6.07, 6.45) is -3.80. The van der Waals surface area contributed by atoms with Crippen LogP contribution in [0.3, 0.4) is 0 Å². The van der Waals surface area contributed by atoms with Crippen molar-refractivity contribution in [3.8, 4) is 0 Å². The maximum absolute atomic E-state index is 12.0. The summed E-state index contributed by atoms with van der Waals surface area (Å²) >= 11 is 9.17. The Morgan fingerprint density at radius 1 is 0.806 bits per heavy atom. The quantitative estimate of drug-likeness (QED) is 0.0577. The van der Waals surface area contributed by atoms with Gasteiger partial charge in [0.1, 0.15) is 17.9 Å². The number of hydrogen-bond acceptors (Lipinski definition) is 16. The van der Waals surface area contributed by atoms with Crippen LogP contribution in [-0.4, -0.2) is 106 Å². The molecular formula is C12H24N6O12S6. The van der Waals surface area contributed by atoms with Crippen molar-refractivity contribution in [2.75, 3.05) is 31.6 Å². The van der Waals surface area contributed by atoms with Gasteiger partial charge < -0.3 is 11.5 Å². The van der Waals surface area contributed by atoms with E-state index >= 15 is 0 Å². The third kappa shape index (κ3) is 17.7. The monoisotopic (exact) mass is 636 g/mol. The highest BCUT2D eigenvalue weighted by atomic mass is 32.2. The second-order valence-corrected chi connectivity index (χ2v) is 13.9. The Balaban J connectivity index is 7.13. The summed E-state index contributed by atoms with van der Waals surface area (Å²) < 4.78 is 114. The summed E-state index contributed by atoms with van der Waals surface area (Å²) in [5.41, 5.74) is 14.0. The van der Waals surface area contributed by atoms with Gasteiger partial charge in [-0.3, -0.25) is 27.6 Å². The molecule has 0 aliphatic carbocycles. The van der Waals surface area contributed by atoms with E-state index in [4.69, 9.17) is 24.0 Å². The maximum atomic E-state index is 12.0. The zero-order valence-electron chi connectivity index (χ0n) is 18.9. The molecule has 24 heteroatoms. The van der Waals surface area contributed by atoms with E-state index in [-0.39, 0.29) is 5.11 Å². The number of rotatable bonds is 15. The molecule has 6 N–H and O–H groups in total. The first-order valence-corrected chi connectivity index (χ1v) is 16.8. The van der Waals surface area contributed by atoms with Gasteiger partial charge in [-0.2, -0.15) is 43.9 Å². The van der Waals surface area contributed by atoms with Crippen molar-refractivity contribution in [3.05, 3.63) is 0 Å². The number of nitrogens with zero attached hydrogens (tertiary/aromatic N) is 2. The predicted molar refractivity (Wildman–Crippen MR) is 136 cm³/mol. The molecule has 0 aromatic heterocycles. The third-order valence-corrected chi connectivity index (χ3v) is 5.40. The standard InChI is InChI=1S/C12H24N6O12S6/c1-33(19,20)27-6-8(28-34(2,21)22)10(30-36(4,25)26)9(29-35(3,23)24)7(16-18-12(14)32)5-15-17-11(13)31/h5,8-10H,6H2,1-4H3,(H3,13,17,31)(H3,14,18,32)/t8-,9-,10+/m0/s1. The number of hydrazone groups is 2. The topological polar surface area (TPSA) is 274 Å². The van der Waals surface area contributed by atoms with Gasteiger partial charge in [-0.05, 0) is 24.4 Å². The minimum Gasteiger partial charge on any atom is -0.375 e. The van der Waals surface area contributed by atoms with E-state index in [9.17, 15) is 33.7 Å². The van der Waals surface area contributed by atoms with Crippen LogP contribution in [-0.2, 0) is 57.2 Å². The lowest BCUT2D eigenvalue weighted by atomic mass is 10.0. The van der Waals surface area contributed by atoms with Crippen LogP contribution < -0.4 is 22.3 Å². The summed E-state index contributed by atoms with van der Waals surface area (Å²) in [4.78, 5) is 0. The molecule has 0 aromatic rings. The number of nitrogens with two attached hydrogens (primary N) is 2. The molecule has 18 nitrogen and oxygen atoms in total.